The van der Waals surface area contributed by atoms with Crippen LogP contribution in [0.15, 0.2) is 42.5 Å². The third-order valence-corrected chi connectivity index (χ3v) is 6.78. The first-order valence-corrected chi connectivity index (χ1v) is 11.7. The smallest absolute Gasteiger partial charge is 0.254 e. The SMILES string of the molecule is [B]C1CC([B])(N2Cc3c(OCc4ccc(CN5CCOCC5=O)cc4)cccc3C2=O)C(=O)NC1=O. The summed E-state index contributed by atoms with van der Waals surface area (Å²) >= 11 is 0. The molecule has 0 spiro atoms. The molecule has 0 aromatic heterocycles. The van der Waals surface area contributed by atoms with E-state index in [1.54, 1.807) is 23.1 Å². The molecule has 180 valence electrons. The molecule has 2 aromatic rings. The Morgan fingerprint density at radius 1 is 1.08 bits per heavy atom. The number of carbonyl (C=O) groups excluding carboxylic acids is 4. The molecule has 2 aromatic carbocycles. The normalized spacial score (nSPS) is 24.1. The molecule has 9 nitrogen and oxygen atoms in total. The van der Waals surface area contributed by atoms with Gasteiger partial charge in [0.25, 0.3) is 5.91 Å². The average molecular weight is 483 g/mol. The fraction of sp³-hybridized carbons (Fsp3) is 0.360. The number of rotatable bonds is 6. The van der Waals surface area contributed by atoms with Gasteiger partial charge in [0, 0.05) is 30.0 Å². The molecular weight excluding hydrogens is 460 g/mol. The Morgan fingerprint density at radius 2 is 1.83 bits per heavy atom. The molecule has 3 aliphatic heterocycles. The summed E-state index contributed by atoms with van der Waals surface area (Å²) < 4.78 is 11.2. The van der Waals surface area contributed by atoms with E-state index < -0.39 is 29.0 Å². The molecule has 3 heterocycles. The molecule has 2 unspecified atom stereocenters. The molecule has 0 aliphatic carbocycles. The molecule has 4 radical (unpaired) electrons. The topological polar surface area (TPSA) is 105 Å². The van der Waals surface area contributed by atoms with Gasteiger partial charge in [0.05, 0.1) is 26.4 Å². The van der Waals surface area contributed by atoms with E-state index in [0.29, 0.717) is 36.6 Å². The lowest BCUT2D eigenvalue weighted by Crippen LogP contribution is -2.64. The van der Waals surface area contributed by atoms with Crippen molar-refractivity contribution in [3.05, 3.63) is 64.7 Å². The van der Waals surface area contributed by atoms with Gasteiger partial charge < -0.3 is 19.3 Å². The second-order valence-corrected chi connectivity index (χ2v) is 9.20. The largest absolute Gasteiger partial charge is 0.489 e. The number of carbonyl (C=O) groups is 4. The summed E-state index contributed by atoms with van der Waals surface area (Å²) in [5.41, 5.74) is 1.19. The van der Waals surface area contributed by atoms with Crippen molar-refractivity contribution in [2.75, 3.05) is 19.8 Å². The van der Waals surface area contributed by atoms with Gasteiger partial charge in [0.1, 0.15) is 26.8 Å². The molecule has 36 heavy (non-hydrogen) atoms. The number of amides is 4. The fourth-order valence-corrected chi connectivity index (χ4v) is 4.67. The molecule has 2 atom stereocenters. The van der Waals surface area contributed by atoms with Gasteiger partial charge in [-0.1, -0.05) is 30.3 Å². The number of fused-ring (bicyclic) bond motifs is 1. The Balaban J connectivity index is 1.27. The highest BCUT2D eigenvalue weighted by Crippen LogP contribution is 2.38. The highest BCUT2D eigenvalue weighted by molar-refractivity contribution is 6.36. The van der Waals surface area contributed by atoms with Gasteiger partial charge in [-0.3, -0.25) is 24.5 Å². The van der Waals surface area contributed by atoms with Gasteiger partial charge in [-0.25, -0.2) is 0 Å². The molecule has 0 bridgehead atoms. The van der Waals surface area contributed by atoms with E-state index in [0.717, 1.165) is 11.1 Å². The molecule has 5 rings (SSSR count). The Morgan fingerprint density at radius 3 is 2.58 bits per heavy atom. The lowest BCUT2D eigenvalue weighted by atomic mass is 9.62. The number of ether oxygens (including phenoxy) is 2. The molecule has 1 N–H and O–H groups in total. The number of nitrogens with zero attached hydrogens (tertiary/aromatic N) is 2. The number of piperidine rings is 1. The van der Waals surface area contributed by atoms with Crippen molar-refractivity contribution in [2.45, 2.75) is 37.4 Å². The van der Waals surface area contributed by atoms with E-state index in [2.05, 4.69) is 5.32 Å². The summed E-state index contributed by atoms with van der Waals surface area (Å²) in [5.74, 6) is -2.30. The standard InChI is InChI=1S/C25H23B2N3O6/c26-19-10-25(27,24(34)28-22(19)32)30-12-18-17(23(30)33)2-1-3-20(18)36-13-16-6-4-15(5-7-16)11-29-8-9-35-14-21(29)31/h1-7,19H,8-14H2,(H,28,32,34). The van der Waals surface area contributed by atoms with Crippen molar-refractivity contribution < 1.29 is 28.7 Å². The van der Waals surface area contributed by atoms with Crippen LogP contribution in [-0.2, 0) is 38.8 Å². The summed E-state index contributed by atoms with van der Waals surface area (Å²) in [6.45, 7) is 2.08. The first-order chi connectivity index (χ1) is 17.3. The number of imide groups is 1. The average Bonchev–Trinajstić information content (AvgIpc) is 3.21. The summed E-state index contributed by atoms with van der Waals surface area (Å²) in [5, 5.41) is 2.16. The van der Waals surface area contributed by atoms with Crippen molar-refractivity contribution in [1.82, 2.24) is 15.1 Å². The zero-order valence-corrected chi connectivity index (χ0v) is 19.6. The molecule has 3 aliphatic rings. The monoisotopic (exact) mass is 483 g/mol. The van der Waals surface area contributed by atoms with Crippen LogP contribution in [0.25, 0.3) is 0 Å². The van der Waals surface area contributed by atoms with E-state index in [-0.39, 0.29) is 32.1 Å². The van der Waals surface area contributed by atoms with Crippen LogP contribution in [0.4, 0.5) is 0 Å². The van der Waals surface area contributed by atoms with Crippen LogP contribution in [0, 0.1) is 0 Å². The summed E-state index contributed by atoms with van der Waals surface area (Å²) in [6.07, 6.45) is -0.171. The minimum absolute atomic E-state index is 0.0197. The van der Waals surface area contributed by atoms with Crippen LogP contribution in [0.2, 0.25) is 5.82 Å². The van der Waals surface area contributed by atoms with E-state index >= 15 is 0 Å². The van der Waals surface area contributed by atoms with Crippen molar-refractivity contribution >= 4 is 39.3 Å². The van der Waals surface area contributed by atoms with Crippen molar-refractivity contribution in [3.63, 3.8) is 0 Å². The first-order valence-electron chi connectivity index (χ1n) is 11.7. The molecule has 4 amide bonds. The molecule has 2 saturated heterocycles. The molecular formula is C25H23B2N3O6. The van der Waals surface area contributed by atoms with Gasteiger partial charge in [0.2, 0.25) is 17.7 Å². The van der Waals surface area contributed by atoms with Crippen LogP contribution < -0.4 is 10.1 Å². The summed E-state index contributed by atoms with van der Waals surface area (Å²) in [7, 11) is 12.1. The summed E-state index contributed by atoms with van der Waals surface area (Å²) in [6, 6.07) is 12.9. The van der Waals surface area contributed by atoms with E-state index in [1.165, 1.54) is 4.90 Å². The van der Waals surface area contributed by atoms with Crippen LogP contribution in [0.1, 0.15) is 33.5 Å². The van der Waals surface area contributed by atoms with Crippen LogP contribution >= 0.6 is 0 Å². The predicted molar refractivity (Wildman–Crippen MR) is 129 cm³/mol. The van der Waals surface area contributed by atoms with Crippen molar-refractivity contribution in [2.24, 2.45) is 0 Å². The third-order valence-electron chi connectivity index (χ3n) is 6.78. The number of hydrogen-bond donors (Lipinski definition) is 1. The Hall–Kier alpha value is -3.59. The minimum Gasteiger partial charge on any atom is -0.489 e. The number of morpholine rings is 1. The van der Waals surface area contributed by atoms with Gasteiger partial charge in [0.15, 0.2) is 0 Å². The van der Waals surface area contributed by atoms with Crippen molar-refractivity contribution in [3.8, 4) is 5.75 Å². The highest BCUT2D eigenvalue weighted by atomic mass is 16.5. The molecule has 0 saturated carbocycles. The lowest BCUT2D eigenvalue weighted by Gasteiger charge is -2.42. The minimum atomic E-state index is -1.74. The van der Waals surface area contributed by atoms with E-state index in [1.807, 2.05) is 24.3 Å². The zero-order valence-electron chi connectivity index (χ0n) is 19.6. The van der Waals surface area contributed by atoms with Crippen LogP contribution in [-0.4, -0.2) is 74.3 Å². The second kappa shape index (κ2) is 9.46. The maximum absolute atomic E-state index is 13.1. The van der Waals surface area contributed by atoms with Gasteiger partial charge in [-0.05, 0) is 29.7 Å². The van der Waals surface area contributed by atoms with Gasteiger partial charge in [-0.15, -0.1) is 0 Å². The molecule has 2 fully saturated rings. The second-order valence-electron chi connectivity index (χ2n) is 9.20. The lowest BCUT2D eigenvalue weighted by molar-refractivity contribution is -0.143. The predicted octanol–water partition coefficient (Wildman–Crippen LogP) is 0.448. The zero-order chi connectivity index (χ0) is 25.4. The van der Waals surface area contributed by atoms with E-state index in [4.69, 9.17) is 25.2 Å². The summed E-state index contributed by atoms with van der Waals surface area (Å²) in [4.78, 5) is 52.4. The Kier molecular flexibility index (Phi) is 6.34. The quantitative estimate of drug-likeness (QED) is 0.473. The number of benzene rings is 2. The molecule has 11 heteroatoms. The first kappa shape index (κ1) is 24.1. The van der Waals surface area contributed by atoms with Gasteiger partial charge >= 0.3 is 0 Å². The maximum atomic E-state index is 13.1. The maximum Gasteiger partial charge on any atom is 0.254 e. The number of nitrogens with one attached hydrogen (secondary N) is 1. The highest BCUT2D eigenvalue weighted by Gasteiger charge is 2.50. The van der Waals surface area contributed by atoms with Gasteiger partial charge in [-0.2, -0.15) is 0 Å². The van der Waals surface area contributed by atoms with Crippen molar-refractivity contribution in [1.29, 1.82) is 0 Å². The third kappa shape index (κ3) is 4.39. The van der Waals surface area contributed by atoms with E-state index in [9.17, 15) is 19.2 Å². The fourth-order valence-electron chi connectivity index (χ4n) is 4.67. The van der Waals surface area contributed by atoms with Crippen LogP contribution in [0.3, 0.4) is 0 Å². The Labute approximate surface area is 210 Å². The number of hydrogen-bond acceptors (Lipinski definition) is 6. The van der Waals surface area contributed by atoms with Crippen LogP contribution in [0.5, 0.6) is 5.75 Å². The Bertz CT molecular complexity index is 1240.